The van der Waals surface area contributed by atoms with E-state index in [1.165, 1.54) is 21.8 Å². The minimum Gasteiger partial charge on any atom is -0.495 e. The summed E-state index contributed by atoms with van der Waals surface area (Å²) in [7, 11) is 1.57. The van der Waals surface area contributed by atoms with Crippen molar-refractivity contribution < 1.29 is 14.4 Å². The van der Waals surface area contributed by atoms with Gasteiger partial charge in [-0.1, -0.05) is 12.1 Å². The van der Waals surface area contributed by atoms with Crippen molar-refractivity contribution >= 4 is 27.9 Å². The average molecular weight is 373 g/mol. The van der Waals surface area contributed by atoms with Gasteiger partial charge in [-0.15, -0.1) is 11.3 Å². The summed E-state index contributed by atoms with van der Waals surface area (Å²) in [5.41, 5.74) is 1.24. The van der Waals surface area contributed by atoms with Crippen LogP contribution in [0.5, 0.6) is 5.75 Å². The summed E-state index contributed by atoms with van der Waals surface area (Å²) in [6, 6.07) is 8.83. The molecular formula is C18H21N4O3S+. The lowest BCUT2D eigenvalue weighted by Gasteiger charge is -2.17. The molecule has 1 aromatic carbocycles. The molecular weight excluding hydrogens is 352 g/mol. The van der Waals surface area contributed by atoms with E-state index in [9.17, 15) is 9.59 Å². The monoisotopic (exact) mass is 373 g/mol. The van der Waals surface area contributed by atoms with Gasteiger partial charge in [-0.3, -0.25) is 14.0 Å². The minimum absolute atomic E-state index is 0.0971. The first kappa shape index (κ1) is 18.1. The van der Waals surface area contributed by atoms with Crippen LogP contribution in [0.3, 0.4) is 0 Å². The number of quaternary nitrogens is 1. The fraction of sp³-hybridized carbons (Fsp3) is 0.278. The van der Waals surface area contributed by atoms with Gasteiger partial charge in [0.2, 0.25) is 0 Å². The Morgan fingerprint density at radius 3 is 2.96 bits per heavy atom. The molecule has 0 saturated carbocycles. The van der Waals surface area contributed by atoms with E-state index < -0.39 is 0 Å². The zero-order valence-electron chi connectivity index (χ0n) is 14.7. The number of fused-ring (bicyclic) bond motifs is 1. The van der Waals surface area contributed by atoms with Gasteiger partial charge < -0.3 is 15.0 Å². The van der Waals surface area contributed by atoms with Crippen LogP contribution in [0.4, 0.5) is 5.69 Å². The van der Waals surface area contributed by atoms with Gasteiger partial charge in [-0.2, -0.15) is 0 Å². The number of ether oxygens (including phenoxy) is 1. The molecule has 0 aliphatic carbocycles. The third kappa shape index (κ3) is 4.09. The van der Waals surface area contributed by atoms with E-state index >= 15 is 0 Å². The number of carbonyl (C=O) groups excluding carboxylic acids is 1. The zero-order chi connectivity index (χ0) is 18.5. The Hall–Kier alpha value is -2.71. The highest BCUT2D eigenvalue weighted by Gasteiger charge is 2.16. The molecule has 0 saturated heterocycles. The van der Waals surface area contributed by atoms with Crippen LogP contribution in [0.1, 0.15) is 12.6 Å². The van der Waals surface area contributed by atoms with E-state index in [1.54, 1.807) is 25.4 Å². The van der Waals surface area contributed by atoms with Crippen LogP contribution >= 0.6 is 11.3 Å². The van der Waals surface area contributed by atoms with Crippen molar-refractivity contribution in [3.05, 3.63) is 58.0 Å². The van der Waals surface area contributed by atoms with Crippen molar-refractivity contribution in [3.8, 4) is 5.75 Å². The topological polar surface area (TPSA) is 77.1 Å². The highest BCUT2D eigenvalue weighted by molar-refractivity contribution is 7.15. The molecule has 136 valence electrons. The van der Waals surface area contributed by atoms with E-state index in [0.29, 0.717) is 28.6 Å². The quantitative estimate of drug-likeness (QED) is 0.643. The lowest BCUT2D eigenvalue weighted by atomic mass is 10.3. The molecule has 2 N–H and O–H groups in total. The summed E-state index contributed by atoms with van der Waals surface area (Å²) in [5.74, 6) is 0.511. The zero-order valence-corrected chi connectivity index (χ0v) is 15.5. The number of aromatic nitrogens is 2. The predicted octanol–water partition coefficient (Wildman–Crippen LogP) is 0.808. The second kappa shape index (κ2) is 8.11. The third-order valence-corrected chi connectivity index (χ3v) is 4.84. The summed E-state index contributed by atoms with van der Waals surface area (Å²) in [5, 5.41) is 4.71. The highest BCUT2D eigenvalue weighted by atomic mass is 32.1. The van der Waals surface area contributed by atoms with Crippen LogP contribution in [-0.4, -0.2) is 35.5 Å². The smallest absolute Gasteiger partial charge is 0.279 e. The van der Waals surface area contributed by atoms with Gasteiger partial charge in [0.1, 0.15) is 18.0 Å². The second-order valence-electron chi connectivity index (χ2n) is 5.85. The fourth-order valence-electron chi connectivity index (χ4n) is 2.72. The lowest BCUT2D eigenvalue weighted by molar-refractivity contribution is -0.904. The number of likely N-dealkylation sites (N-methyl/N-ethyl adjacent to an activating group) is 1. The van der Waals surface area contributed by atoms with E-state index in [4.69, 9.17) is 4.74 Å². The number of carbonyl (C=O) groups is 1. The predicted molar refractivity (Wildman–Crippen MR) is 101 cm³/mol. The fourth-order valence-corrected chi connectivity index (χ4v) is 3.46. The van der Waals surface area contributed by atoms with Crippen molar-refractivity contribution in [2.45, 2.75) is 13.5 Å². The molecule has 0 aliphatic heterocycles. The molecule has 0 spiro atoms. The third-order valence-electron chi connectivity index (χ3n) is 4.08. The number of hydrogen-bond acceptors (Lipinski definition) is 5. The molecule has 1 unspecified atom stereocenters. The summed E-state index contributed by atoms with van der Waals surface area (Å²) in [6.45, 7) is 3.53. The molecule has 26 heavy (non-hydrogen) atoms. The number of para-hydroxylation sites is 2. The molecule has 3 aromatic rings. The number of nitrogens with one attached hydrogen (secondary N) is 2. The Kier molecular flexibility index (Phi) is 5.65. The molecule has 3 rings (SSSR count). The summed E-state index contributed by atoms with van der Waals surface area (Å²) < 4.78 is 6.77. The van der Waals surface area contributed by atoms with Crippen LogP contribution < -0.4 is 20.5 Å². The molecule has 8 heteroatoms. The lowest BCUT2D eigenvalue weighted by Crippen LogP contribution is -3.11. The largest absolute Gasteiger partial charge is 0.495 e. The molecule has 0 aliphatic rings. The number of rotatable bonds is 7. The Balaban J connectivity index is 1.68. The molecule has 0 fully saturated rings. The van der Waals surface area contributed by atoms with E-state index in [1.807, 2.05) is 24.4 Å². The first-order valence-corrected chi connectivity index (χ1v) is 9.21. The van der Waals surface area contributed by atoms with Crippen molar-refractivity contribution in [2.24, 2.45) is 0 Å². The Labute approximate surface area is 154 Å². The summed E-state index contributed by atoms with van der Waals surface area (Å²) in [6.07, 6.45) is 1.71. The van der Waals surface area contributed by atoms with Crippen molar-refractivity contribution in [1.82, 2.24) is 9.38 Å². The van der Waals surface area contributed by atoms with Crippen LogP contribution in [0.25, 0.3) is 4.96 Å². The van der Waals surface area contributed by atoms with Crippen molar-refractivity contribution in [1.29, 1.82) is 0 Å². The first-order chi connectivity index (χ1) is 12.6. The molecule has 2 heterocycles. The van der Waals surface area contributed by atoms with Crippen molar-refractivity contribution in [3.63, 3.8) is 0 Å². The highest BCUT2D eigenvalue weighted by Crippen LogP contribution is 2.22. The normalized spacial score (nSPS) is 12.1. The van der Waals surface area contributed by atoms with E-state index in [0.717, 1.165) is 11.4 Å². The number of anilines is 1. The number of nitrogens with zero attached hydrogens (tertiary/aromatic N) is 2. The summed E-state index contributed by atoms with van der Waals surface area (Å²) >= 11 is 1.42. The molecule has 0 bridgehead atoms. The molecule has 0 radical (unpaired) electrons. The number of hydrogen-bond donors (Lipinski definition) is 2. The molecule has 7 nitrogen and oxygen atoms in total. The maximum Gasteiger partial charge on any atom is 0.279 e. The maximum absolute atomic E-state index is 12.4. The summed E-state index contributed by atoms with van der Waals surface area (Å²) in [4.78, 5) is 30.7. The van der Waals surface area contributed by atoms with Gasteiger partial charge in [0.05, 0.1) is 19.3 Å². The van der Waals surface area contributed by atoms with Gasteiger partial charge in [0.15, 0.2) is 11.5 Å². The van der Waals surface area contributed by atoms with Gasteiger partial charge in [-0.05, 0) is 19.1 Å². The first-order valence-electron chi connectivity index (χ1n) is 8.33. The number of amides is 1. The van der Waals surface area contributed by atoms with Gasteiger partial charge in [0.25, 0.3) is 11.5 Å². The maximum atomic E-state index is 12.4. The van der Waals surface area contributed by atoms with Gasteiger partial charge >= 0.3 is 0 Å². The second-order valence-corrected chi connectivity index (χ2v) is 6.72. The van der Waals surface area contributed by atoms with Crippen LogP contribution in [-0.2, 0) is 11.3 Å². The standard InChI is InChI=1S/C18H20N4O3S/c1-3-21(11-13-10-17(24)22-8-9-26-18(22)19-13)12-16(23)20-14-6-4-5-7-15(14)25-2/h4-10H,3,11-12H2,1-2H3,(H,20,23)/p+1. The molecule has 2 aromatic heterocycles. The van der Waals surface area contributed by atoms with E-state index in [2.05, 4.69) is 10.3 Å². The Morgan fingerprint density at radius 2 is 2.19 bits per heavy atom. The molecule has 1 amide bonds. The van der Waals surface area contributed by atoms with Gasteiger partial charge in [0, 0.05) is 17.6 Å². The van der Waals surface area contributed by atoms with Crippen LogP contribution in [0.2, 0.25) is 0 Å². The van der Waals surface area contributed by atoms with Gasteiger partial charge in [-0.25, -0.2) is 4.98 Å². The van der Waals surface area contributed by atoms with Crippen LogP contribution in [0.15, 0.2) is 46.7 Å². The molecule has 1 atom stereocenters. The Bertz CT molecular complexity index is 966. The van der Waals surface area contributed by atoms with Crippen molar-refractivity contribution in [2.75, 3.05) is 25.5 Å². The van der Waals surface area contributed by atoms with Crippen LogP contribution in [0, 0.1) is 0 Å². The number of thiazole rings is 1. The Morgan fingerprint density at radius 1 is 1.38 bits per heavy atom. The minimum atomic E-state index is -0.111. The van der Waals surface area contributed by atoms with E-state index in [-0.39, 0.29) is 18.0 Å². The number of benzene rings is 1. The number of methoxy groups -OCH3 is 1. The SMILES string of the molecule is CC[NH+](CC(=O)Nc1ccccc1OC)Cc1cc(=O)n2ccsc2n1. The average Bonchev–Trinajstić information content (AvgIpc) is 3.10.